The maximum absolute atomic E-state index is 6.41. The van der Waals surface area contributed by atoms with E-state index in [4.69, 9.17) is 20.9 Å². The van der Waals surface area contributed by atoms with Crippen LogP contribution in [0.15, 0.2) is 0 Å². The summed E-state index contributed by atoms with van der Waals surface area (Å²) < 4.78 is 11.7. The van der Waals surface area contributed by atoms with Crippen LogP contribution in [0.5, 0.6) is 0 Å². The molecule has 28 heavy (non-hydrogen) atoms. The molecule has 8 nitrogen and oxygen atoms in total. The lowest BCUT2D eigenvalue weighted by Crippen LogP contribution is -2.42. The van der Waals surface area contributed by atoms with Crippen LogP contribution in [-0.2, 0) is 9.47 Å². The summed E-state index contributed by atoms with van der Waals surface area (Å²) in [5.74, 6) is 0. The summed E-state index contributed by atoms with van der Waals surface area (Å²) in [5, 5.41) is 0. The maximum atomic E-state index is 6.41. The molecule has 0 fully saturated rings. The fourth-order valence-electron chi connectivity index (χ4n) is 2.66. The van der Waals surface area contributed by atoms with Gasteiger partial charge in [0.2, 0.25) is 0 Å². The summed E-state index contributed by atoms with van der Waals surface area (Å²) in [4.78, 5) is 8.87. The van der Waals surface area contributed by atoms with Crippen molar-refractivity contribution in [3.05, 3.63) is 0 Å². The van der Waals surface area contributed by atoms with Crippen LogP contribution in [-0.4, -0.2) is 140 Å². The van der Waals surface area contributed by atoms with Crippen LogP contribution >= 0.6 is 0 Å². The molecule has 0 heterocycles. The molecule has 4 N–H and O–H groups in total. The standard InChI is InChI=1S/C20H48N6O2/c1-23(2)11-12-26(6)15-18-28-20(7-9-21)19(22)8-10-25(5)14-17-27-16-13-24(3)4/h19-20H,7-18,21-22H2,1-6H3. The van der Waals surface area contributed by atoms with E-state index in [2.05, 4.69) is 61.9 Å². The highest BCUT2D eigenvalue weighted by Gasteiger charge is 2.18. The lowest BCUT2D eigenvalue weighted by Gasteiger charge is -2.27. The van der Waals surface area contributed by atoms with Gasteiger partial charge in [-0.2, -0.15) is 0 Å². The summed E-state index contributed by atoms with van der Waals surface area (Å²) in [5.41, 5.74) is 12.2. The van der Waals surface area contributed by atoms with Gasteiger partial charge in [0, 0.05) is 38.8 Å². The Bertz CT molecular complexity index is 347. The molecule has 0 bridgehead atoms. The van der Waals surface area contributed by atoms with Crippen molar-refractivity contribution in [1.29, 1.82) is 0 Å². The van der Waals surface area contributed by atoms with Gasteiger partial charge in [0.05, 0.1) is 25.9 Å². The monoisotopic (exact) mass is 404 g/mol. The SMILES string of the molecule is CN(C)CCOCCN(C)CCC(N)C(CCN)OCCN(C)CCN(C)C. The minimum Gasteiger partial charge on any atom is -0.379 e. The lowest BCUT2D eigenvalue weighted by molar-refractivity contribution is 0.0174. The topological polar surface area (TPSA) is 83.5 Å². The Labute approximate surface area is 174 Å². The molecule has 0 aromatic rings. The van der Waals surface area contributed by atoms with Crippen LogP contribution in [0.4, 0.5) is 0 Å². The molecular weight excluding hydrogens is 356 g/mol. The summed E-state index contributed by atoms with van der Waals surface area (Å²) in [6.07, 6.45) is 1.73. The molecule has 0 saturated heterocycles. The molecule has 2 unspecified atom stereocenters. The number of likely N-dealkylation sites (N-methyl/N-ethyl adjacent to an activating group) is 4. The van der Waals surface area contributed by atoms with E-state index >= 15 is 0 Å². The zero-order chi connectivity index (χ0) is 21.4. The van der Waals surface area contributed by atoms with E-state index in [1.54, 1.807) is 0 Å². The van der Waals surface area contributed by atoms with Gasteiger partial charge in [-0.25, -0.2) is 0 Å². The molecule has 0 spiro atoms. The average Bonchev–Trinajstić information content (AvgIpc) is 2.63. The second-order valence-corrected chi connectivity index (χ2v) is 8.26. The van der Waals surface area contributed by atoms with E-state index in [9.17, 15) is 0 Å². The van der Waals surface area contributed by atoms with Gasteiger partial charge in [-0.15, -0.1) is 0 Å². The molecule has 0 aliphatic carbocycles. The van der Waals surface area contributed by atoms with Gasteiger partial charge in [0.15, 0.2) is 0 Å². The third-order valence-electron chi connectivity index (χ3n) is 4.81. The summed E-state index contributed by atoms with van der Waals surface area (Å²) in [6.45, 7) is 8.62. The maximum Gasteiger partial charge on any atom is 0.0739 e. The van der Waals surface area contributed by atoms with Gasteiger partial charge in [-0.1, -0.05) is 0 Å². The van der Waals surface area contributed by atoms with Crippen LogP contribution in [0.2, 0.25) is 0 Å². The second-order valence-electron chi connectivity index (χ2n) is 8.26. The molecular formula is C20H48N6O2. The number of hydrogen-bond acceptors (Lipinski definition) is 8. The zero-order valence-electron chi connectivity index (χ0n) is 19.4. The minimum absolute atomic E-state index is 0.00717. The van der Waals surface area contributed by atoms with Crippen molar-refractivity contribution in [3.8, 4) is 0 Å². The highest BCUT2D eigenvalue weighted by molar-refractivity contribution is 4.75. The summed E-state index contributed by atoms with van der Waals surface area (Å²) >= 11 is 0. The molecule has 0 saturated carbocycles. The van der Waals surface area contributed by atoms with Gasteiger partial charge < -0.3 is 40.5 Å². The van der Waals surface area contributed by atoms with Crippen LogP contribution < -0.4 is 11.5 Å². The largest absolute Gasteiger partial charge is 0.379 e. The Morgan fingerprint density at radius 1 is 0.679 bits per heavy atom. The molecule has 8 heteroatoms. The molecule has 0 aromatic heterocycles. The van der Waals surface area contributed by atoms with Gasteiger partial charge in [-0.3, -0.25) is 0 Å². The minimum atomic E-state index is 0.00717. The van der Waals surface area contributed by atoms with E-state index in [0.717, 1.165) is 65.3 Å². The molecule has 170 valence electrons. The first-order valence-electron chi connectivity index (χ1n) is 10.6. The quantitative estimate of drug-likeness (QED) is 0.277. The summed E-state index contributed by atoms with van der Waals surface area (Å²) in [7, 11) is 12.5. The predicted molar refractivity (Wildman–Crippen MR) is 119 cm³/mol. The first-order valence-corrected chi connectivity index (χ1v) is 10.6. The molecule has 0 rings (SSSR count). The summed E-state index contributed by atoms with van der Waals surface area (Å²) in [6, 6.07) is 0.00717. The molecule has 0 radical (unpaired) electrons. The van der Waals surface area contributed by atoms with Crippen molar-refractivity contribution in [2.75, 3.05) is 108 Å². The third-order valence-corrected chi connectivity index (χ3v) is 4.81. The van der Waals surface area contributed by atoms with Crippen molar-refractivity contribution in [2.45, 2.75) is 25.0 Å². The van der Waals surface area contributed by atoms with E-state index < -0.39 is 0 Å². The Kier molecular flexibility index (Phi) is 17.3. The van der Waals surface area contributed by atoms with Gasteiger partial charge in [-0.05, 0) is 68.2 Å². The number of ether oxygens (including phenoxy) is 2. The normalized spacial score (nSPS) is 14.6. The Morgan fingerprint density at radius 3 is 1.86 bits per heavy atom. The van der Waals surface area contributed by atoms with E-state index in [-0.39, 0.29) is 12.1 Å². The van der Waals surface area contributed by atoms with Crippen molar-refractivity contribution in [2.24, 2.45) is 11.5 Å². The fraction of sp³-hybridized carbons (Fsp3) is 1.00. The highest BCUT2D eigenvalue weighted by atomic mass is 16.5. The van der Waals surface area contributed by atoms with Crippen molar-refractivity contribution in [3.63, 3.8) is 0 Å². The first-order chi connectivity index (χ1) is 13.3. The van der Waals surface area contributed by atoms with E-state index in [0.29, 0.717) is 13.2 Å². The van der Waals surface area contributed by atoms with E-state index in [1.807, 2.05) is 0 Å². The van der Waals surface area contributed by atoms with Gasteiger partial charge in [0.25, 0.3) is 0 Å². The Balaban J connectivity index is 4.00. The zero-order valence-corrected chi connectivity index (χ0v) is 19.4. The van der Waals surface area contributed by atoms with Gasteiger partial charge in [0.1, 0.15) is 0 Å². The van der Waals surface area contributed by atoms with Crippen molar-refractivity contribution >= 4 is 0 Å². The van der Waals surface area contributed by atoms with Crippen LogP contribution in [0.1, 0.15) is 12.8 Å². The van der Waals surface area contributed by atoms with E-state index in [1.165, 1.54) is 0 Å². The Morgan fingerprint density at radius 2 is 1.25 bits per heavy atom. The first kappa shape index (κ1) is 27.7. The number of rotatable bonds is 19. The van der Waals surface area contributed by atoms with Crippen LogP contribution in [0, 0.1) is 0 Å². The molecule has 0 aliphatic rings. The lowest BCUT2D eigenvalue weighted by atomic mass is 10.1. The molecule has 0 aromatic carbocycles. The number of hydrogen-bond donors (Lipinski definition) is 2. The van der Waals surface area contributed by atoms with Crippen LogP contribution in [0.25, 0.3) is 0 Å². The fourth-order valence-corrected chi connectivity index (χ4v) is 2.66. The van der Waals surface area contributed by atoms with Crippen molar-refractivity contribution in [1.82, 2.24) is 19.6 Å². The van der Waals surface area contributed by atoms with Gasteiger partial charge >= 0.3 is 0 Å². The predicted octanol–water partition coefficient (Wildman–Crippen LogP) is -0.559. The molecule has 0 aliphatic heterocycles. The van der Waals surface area contributed by atoms with Crippen LogP contribution in [0.3, 0.4) is 0 Å². The second kappa shape index (κ2) is 17.5. The number of nitrogens with zero attached hydrogens (tertiary/aromatic N) is 4. The molecule has 0 amide bonds. The smallest absolute Gasteiger partial charge is 0.0739 e. The average molecular weight is 405 g/mol. The van der Waals surface area contributed by atoms with Crippen molar-refractivity contribution < 1.29 is 9.47 Å². The highest BCUT2D eigenvalue weighted by Crippen LogP contribution is 2.07. The molecule has 2 atom stereocenters. The third kappa shape index (κ3) is 16.6. The number of nitrogens with two attached hydrogens (primary N) is 2. The Hall–Kier alpha value is -0.320.